The Morgan fingerprint density at radius 2 is 2.22 bits per heavy atom. The molecule has 0 radical (unpaired) electrons. The van der Waals surface area contributed by atoms with Crippen LogP contribution in [0.3, 0.4) is 0 Å². The van der Waals surface area contributed by atoms with Gasteiger partial charge in [0.1, 0.15) is 11.8 Å². The summed E-state index contributed by atoms with van der Waals surface area (Å²) in [7, 11) is 1.63. The number of hydrogen-bond donors (Lipinski definition) is 0. The van der Waals surface area contributed by atoms with Crippen molar-refractivity contribution < 1.29 is 14.3 Å². The molecular formula is C14H17NO3. The molecule has 0 N–H and O–H groups in total. The second kappa shape index (κ2) is 5.58. The van der Waals surface area contributed by atoms with Gasteiger partial charge in [0.25, 0.3) is 0 Å². The lowest BCUT2D eigenvalue weighted by Gasteiger charge is -2.07. The Hall–Kier alpha value is -1.97. The summed E-state index contributed by atoms with van der Waals surface area (Å²) in [5.74, 6) is 0.651. The summed E-state index contributed by atoms with van der Waals surface area (Å²) in [6.07, 6.45) is 2.43. The van der Waals surface area contributed by atoms with Crippen molar-refractivity contribution in [1.82, 2.24) is 0 Å². The Morgan fingerprint density at radius 1 is 1.50 bits per heavy atom. The van der Waals surface area contributed by atoms with E-state index in [1.54, 1.807) is 13.2 Å². The van der Waals surface area contributed by atoms with E-state index in [1.807, 2.05) is 29.2 Å². The molecule has 1 aliphatic rings. The summed E-state index contributed by atoms with van der Waals surface area (Å²) in [6.45, 7) is 4.72. The van der Waals surface area contributed by atoms with Crippen molar-refractivity contribution >= 4 is 11.7 Å². The van der Waals surface area contributed by atoms with Crippen LogP contribution in [-0.2, 0) is 9.53 Å². The number of carbonyl (C=O) groups excluding carboxylic acids is 1. The van der Waals surface area contributed by atoms with Crippen LogP contribution in [0.4, 0.5) is 5.69 Å². The van der Waals surface area contributed by atoms with Crippen molar-refractivity contribution in [3.8, 4) is 5.75 Å². The molecule has 0 aromatic heterocycles. The van der Waals surface area contributed by atoms with Gasteiger partial charge in [0.2, 0.25) is 0 Å². The lowest BCUT2D eigenvalue weighted by molar-refractivity contribution is -0.142. The van der Waals surface area contributed by atoms with Crippen molar-refractivity contribution in [2.45, 2.75) is 12.5 Å². The van der Waals surface area contributed by atoms with Gasteiger partial charge in [0.05, 0.1) is 20.3 Å². The third-order valence-electron chi connectivity index (χ3n) is 2.85. The largest absolute Gasteiger partial charge is 0.497 e. The highest BCUT2D eigenvalue weighted by atomic mass is 16.5. The molecular weight excluding hydrogens is 230 g/mol. The van der Waals surface area contributed by atoms with E-state index in [0.29, 0.717) is 13.0 Å². The van der Waals surface area contributed by atoms with Gasteiger partial charge in [-0.2, -0.15) is 0 Å². The van der Waals surface area contributed by atoms with Crippen molar-refractivity contribution in [2.75, 3.05) is 25.2 Å². The molecule has 1 saturated heterocycles. The minimum atomic E-state index is -0.160. The maximum Gasteiger partial charge on any atom is 0.330 e. The quantitative estimate of drug-likeness (QED) is 0.333. The Balaban J connectivity index is 1.85. The Kier molecular flexibility index (Phi) is 3.87. The summed E-state index contributed by atoms with van der Waals surface area (Å²) < 4.78 is 10.2. The zero-order valence-electron chi connectivity index (χ0n) is 10.5. The highest BCUT2D eigenvalue weighted by Crippen LogP contribution is 2.29. The normalized spacial score (nSPS) is 17.2. The van der Waals surface area contributed by atoms with Crippen LogP contribution in [0.1, 0.15) is 6.42 Å². The minimum Gasteiger partial charge on any atom is -0.497 e. The molecule has 1 aromatic carbocycles. The summed E-state index contributed by atoms with van der Waals surface area (Å²) >= 11 is 0. The van der Waals surface area contributed by atoms with Crippen molar-refractivity contribution in [2.24, 2.45) is 0 Å². The highest BCUT2D eigenvalue weighted by Gasteiger charge is 2.41. The summed E-state index contributed by atoms with van der Waals surface area (Å²) in [6, 6.07) is 7.51. The third-order valence-corrected chi connectivity index (χ3v) is 2.85. The van der Waals surface area contributed by atoms with Crippen LogP contribution in [0.15, 0.2) is 36.9 Å². The van der Waals surface area contributed by atoms with Crippen LogP contribution >= 0.6 is 0 Å². The maximum absolute atomic E-state index is 11.7. The van der Waals surface area contributed by atoms with E-state index in [1.165, 1.54) is 0 Å². The molecule has 1 fully saturated rings. The van der Waals surface area contributed by atoms with Gasteiger partial charge in [-0.25, -0.2) is 4.79 Å². The van der Waals surface area contributed by atoms with Crippen LogP contribution in [0.5, 0.6) is 5.75 Å². The summed E-state index contributed by atoms with van der Waals surface area (Å²) in [5.41, 5.74) is 1.02. The second-order valence-electron chi connectivity index (χ2n) is 4.11. The lowest BCUT2D eigenvalue weighted by atomic mass is 10.3. The first-order valence-corrected chi connectivity index (χ1v) is 5.94. The number of ether oxygens (including phenoxy) is 2. The number of carbonyl (C=O) groups is 1. The maximum atomic E-state index is 11.7. The van der Waals surface area contributed by atoms with Crippen LogP contribution in [0.25, 0.3) is 0 Å². The SMILES string of the molecule is C=CCCOC(=O)C1CN1c1ccc(OC)cc1. The van der Waals surface area contributed by atoms with Crippen molar-refractivity contribution in [3.63, 3.8) is 0 Å². The molecule has 1 heterocycles. The number of benzene rings is 1. The molecule has 1 unspecified atom stereocenters. The van der Waals surface area contributed by atoms with Gasteiger partial charge in [0, 0.05) is 5.69 Å². The molecule has 0 amide bonds. The number of esters is 1. The molecule has 0 bridgehead atoms. The molecule has 1 atom stereocenters. The van der Waals surface area contributed by atoms with Gasteiger partial charge in [0.15, 0.2) is 0 Å². The van der Waals surface area contributed by atoms with Crippen molar-refractivity contribution in [1.29, 1.82) is 0 Å². The number of nitrogens with zero attached hydrogens (tertiary/aromatic N) is 1. The fraction of sp³-hybridized carbons (Fsp3) is 0.357. The van der Waals surface area contributed by atoms with E-state index in [2.05, 4.69) is 6.58 Å². The van der Waals surface area contributed by atoms with Crippen LogP contribution < -0.4 is 9.64 Å². The van der Waals surface area contributed by atoms with E-state index in [0.717, 1.165) is 18.0 Å². The average molecular weight is 247 g/mol. The summed E-state index contributed by atoms with van der Waals surface area (Å²) in [5, 5.41) is 0. The minimum absolute atomic E-state index is 0.136. The average Bonchev–Trinajstić information content (AvgIpc) is 3.19. The monoisotopic (exact) mass is 247 g/mol. The predicted octanol–water partition coefficient (Wildman–Crippen LogP) is 2.00. The molecule has 1 aromatic rings. The van der Waals surface area contributed by atoms with Gasteiger partial charge in [-0.1, -0.05) is 6.08 Å². The first-order chi connectivity index (χ1) is 8.76. The van der Waals surface area contributed by atoms with Crippen molar-refractivity contribution in [3.05, 3.63) is 36.9 Å². The Labute approximate surface area is 107 Å². The molecule has 4 nitrogen and oxygen atoms in total. The third kappa shape index (κ3) is 2.83. The Bertz CT molecular complexity index is 427. The second-order valence-corrected chi connectivity index (χ2v) is 4.11. The van der Waals surface area contributed by atoms with E-state index < -0.39 is 0 Å². The van der Waals surface area contributed by atoms with Gasteiger partial charge in [-0.05, 0) is 30.7 Å². The Morgan fingerprint density at radius 3 is 2.83 bits per heavy atom. The van der Waals surface area contributed by atoms with Gasteiger partial charge in [-0.3, -0.25) is 0 Å². The zero-order valence-corrected chi connectivity index (χ0v) is 10.5. The van der Waals surface area contributed by atoms with Gasteiger partial charge >= 0.3 is 5.97 Å². The van der Waals surface area contributed by atoms with E-state index in [9.17, 15) is 4.79 Å². The number of hydrogen-bond acceptors (Lipinski definition) is 4. The molecule has 4 heteroatoms. The van der Waals surface area contributed by atoms with Crippen LogP contribution in [-0.4, -0.2) is 32.3 Å². The molecule has 1 aliphatic heterocycles. The fourth-order valence-corrected chi connectivity index (χ4v) is 1.74. The van der Waals surface area contributed by atoms with Crippen LogP contribution in [0.2, 0.25) is 0 Å². The van der Waals surface area contributed by atoms with Gasteiger partial charge < -0.3 is 14.4 Å². The first kappa shape index (κ1) is 12.5. The lowest BCUT2D eigenvalue weighted by Crippen LogP contribution is -2.16. The van der Waals surface area contributed by atoms with Crippen LogP contribution in [0, 0.1) is 0 Å². The van der Waals surface area contributed by atoms with E-state index in [4.69, 9.17) is 9.47 Å². The van der Waals surface area contributed by atoms with E-state index >= 15 is 0 Å². The fourth-order valence-electron chi connectivity index (χ4n) is 1.74. The smallest absolute Gasteiger partial charge is 0.330 e. The molecule has 0 saturated carbocycles. The topological polar surface area (TPSA) is 38.5 Å². The molecule has 18 heavy (non-hydrogen) atoms. The number of rotatable bonds is 6. The number of methoxy groups -OCH3 is 1. The highest BCUT2D eigenvalue weighted by molar-refractivity contribution is 5.86. The van der Waals surface area contributed by atoms with Gasteiger partial charge in [-0.15, -0.1) is 6.58 Å². The number of anilines is 1. The predicted molar refractivity (Wildman–Crippen MR) is 69.9 cm³/mol. The van der Waals surface area contributed by atoms with E-state index in [-0.39, 0.29) is 12.0 Å². The molecule has 0 aliphatic carbocycles. The molecule has 2 rings (SSSR count). The molecule has 0 spiro atoms. The molecule has 96 valence electrons. The zero-order chi connectivity index (χ0) is 13.0. The first-order valence-electron chi connectivity index (χ1n) is 5.94. The standard InChI is InChI=1S/C14H17NO3/c1-3-4-9-18-14(16)13-10-15(13)11-5-7-12(17-2)8-6-11/h3,5-8,13H,1,4,9-10H2,2H3. The summed E-state index contributed by atoms with van der Waals surface area (Å²) in [4.78, 5) is 13.7.